The minimum atomic E-state index is 0.230. The van der Waals surface area contributed by atoms with E-state index in [4.69, 9.17) is 9.47 Å². The summed E-state index contributed by atoms with van der Waals surface area (Å²) in [5.74, 6) is 1.66. The molecule has 1 N–H and O–H groups in total. The normalized spacial score (nSPS) is 12.0. The molecule has 3 nitrogen and oxygen atoms in total. The Hall–Kier alpha value is -1.48. The van der Waals surface area contributed by atoms with Crippen molar-refractivity contribution in [3.8, 4) is 11.5 Å². The van der Waals surface area contributed by atoms with E-state index in [0.717, 1.165) is 35.6 Å². The van der Waals surface area contributed by atoms with E-state index < -0.39 is 0 Å². The Morgan fingerprint density at radius 2 is 2.06 bits per heavy atom. The quantitative estimate of drug-likeness (QED) is 0.752. The van der Waals surface area contributed by atoms with Gasteiger partial charge in [-0.15, -0.1) is 6.58 Å². The van der Waals surface area contributed by atoms with Gasteiger partial charge in [-0.3, -0.25) is 0 Å². The smallest absolute Gasteiger partial charge is 0.127 e. The zero-order chi connectivity index (χ0) is 13.5. The Morgan fingerprint density at radius 1 is 1.33 bits per heavy atom. The summed E-state index contributed by atoms with van der Waals surface area (Å²) in [6, 6.07) is 6.15. The van der Waals surface area contributed by atoms with E-state index >= 15 is 0 Å². The highest BCUT2D eigenvalue weighted by molar-refractivity contribution is 5.42. The second-order valence-electron chi connectivity index (χ2n) is 4.38. The van der Waals surface area contributed by atoms with E-state index in [2.05, 4.69) is 18.8 Å². The molecule has 1 aromatic carbocycles. The lowest BCUT2D eigenvalue weighted by molar-refractivity contribution is 0.384. The van der Waals surface area contributed by atoms with Crippen LogP contribution in [0.5, 0.6) is 11.5 Å². The van der Waals surface area contributed by atoms with Gasteiger partial charge in [0.05, 0.1) is 14.2 Å². The summed E-state index contributed by atoms with van der Waals surface area (Å²) in [5, 5.41) is 3.46. The van der Waals surface area contributed by atoms with Crippen molar-refractivity contribution in [1.29, 1.82) is 0 Å². The molecule has 0 saturated carbocycles. The lowest BCUT2D eigenvalue weighted by Crippen LogP contribution is -2.21. The van der Waals surface area contributed by atoms with Gasteiger partial charge in [-0.25, -0.2) is 0 Å². The van der Waals surface area contributed by atoms with E-state index in [1.807, 2.05) is 25.1 Å². The zero-order valence-electron chi connectivity index (χ0n) is 11.7. The SMILES string of the molecule is C=C(C)CC(NCC)c1ccc(OC)cc1OC. The van der Waals surface area contributed by atoms with Crippen LogP contribution >= 0.6 is 0 Å². The Bertz CT molecular complexity index is 401. The molecule has 1 unspecified atom stereocenters. The second kappa shape index (κ2) is 7.07. The second-order valence-corrected chi connectivity index (χ2v) is 4.38. The van der Waals surface area contributed by atoms with E-state index in [9.17, 15) is 0 Å². The number of rotatable bonds is 7. The van der Waals surface area contributed by atoms with Crippen LogP contribution < -0.4 is 14.8 Å². The maximum absolute atomic E-state index is 5.45. The van der Waals surface area contributed by atoms with E-state index in [1.54, 1.807) is 14.2 Å². The van der Waals surface area contributed by atoms with Gasteiger partial charge in [0.15, 0.2) is 0 Å². The molecule has 0 aromatic heterocycles. The summed E-state index contributed by atoms with van der Waals surface area (Å²) < 4.78 is 10.7. The van der Waals surface area contributed by atoms with Gasteiger partial charge < -0.3 is 14.8 Å². The first-order chi connectivity index (χ1) is 8.62. The number of benzene rings is 1. The van der Waals surface area contributed by atoms with Crippen molar-refractivity contribution in [3.05, 3.63) is 35.9 Å². The highest BCUT2D eigenvalue weighted by Gasteiger charge is 2.16. The Labute approximate surface area is 110 Å². The third-order valence-corrected chi connectivity index (χ3v) is 2.82. The van der Waals surface area contributed by atoms with E-state index in [1.165, 1.54) is 0 Å². The average Bonchev–Trinajstić information content (AvgIpc) is 2.37. The third-order valence-electron chi connectivity index (χ3n) is 2.82. The van der Waals surface area contributed by atoms with E-state index in [0.29, 0.717) is 0 Å². The van der Waals surface area contributed by atoms with Gasteiger partial charge in [-0.2, -0.15) is 0 Å². The molecule has 1 aromatic rings. The molecular weight excluding hydrogens is 226 g/mol. The van der Waals surface area contributed by atoms with Crippen molar-refractivity contribution in [2.24, 2.45) is 0 Å². The number of ether oxygens (including phenoxy) is 2. The predicted molar refractivity (Wildman–Crippen MR) is 75.4 cm³/mol. The van der Waals surface area contributed by atoms with Crippen molar-refractivity contribution in [2.75, 3.05) is 20.8 Å². The average molecular weight is 249 g/mol. The first-order valence-corrected chi connectivity index (χ1v) is 6.22. The summed E-state index contributed by atoms with van der Waals surface area (Å²) in [6.45, 7) is 9.04. The Balaban J connectivity index is 3.05. The predicted octanol–water partition coefficient (Wildman–Crippen LogP) is 3.32. The van der Waals surface area contributed by atoms with Crippen molar-refractivity contribution >= 4 is 0 Å². The van der Waals surface area contributed by atoms with Crippen molar-refractivity contribution < 1.29 is 9.47 Å². The molecule has 1 atom stereocenters. The highest BCUT2D eigenvalue weighted by atomic mass is 16.5. The van der Waals surface area contributed by atoms with Gasteiger partial charge >= 0.3 is 0 Å². The summed E-state index contributed by atoms with van der Waals surface area (Å²) in [6.07, 6.45) is 0.899. The van der Waals surface area contributed by atoms with Crippen molar-refractivity contribution in [2.45, 2.75) is 26.3 Å². The van der Waals surface area contributed by atoms with Gasteiger partial charge in [-0.05, 0) is 26.0 Å². The molecule has 0 fully saturated rings. The summed E-state index contributed by atoms with van der Waals surface area (Å²) in [4.78, 5) is 0. The maximum atomic E-state index is 5.45. The minimum absolute atomic E-state index is 0.230. The van der Waals surface area contributed by atoms with Crippen LogP contribution in [0.2, 0.25) is 0 Å². The van der Waals surface area contributed by atoms with Gasteiger partial charge in [0, 0.05) is 17.7 Å². The highest BCUT2D eigenvalue weighted by Crippen LogP contribution is 2.32. The van der Waals surface area contributed by atoms with Crippen LogP contribution in [0.3, 0.4) is 0 Å². The standard InChI is InChI=1S/C15H23NO2/c1-6-16-14(9-11(2)3)13-8-7-12(17-4)10-15(13)18-5/h7-8,10,14,16H,2,6,9H2,1,3-5H3. The molecule has 0 aliphatic carbocycles. The number of hydrogen-bond donors (Lipinski definition) is 1. The molecule has 0 spiro atoms. The van der Waals surface area contributed by atoms with Crippen LogP contribution in [0.4, 0.5) is 0 Å². The molecule has 0 bridgehead atoms. The number of nitrogens with one attached hydrogen (secondary N) is 1. The largest absolute Gasteiger partial charge is 0.497 e. The van der Waals surface area contributed by atoms with Gasteiger partial charge in [0.1, 0.15) is 11.5 Å². The Morgan fingerprint density at radius 3 is 2.56 bits per heavy atom. The summed E-state index contributed by atoms with van der Waals surface area (Å²) in [7, 11) is 3.34. The van der Waals surface area contributed by atoms with E-state index in [-0.39, 0.29) is 6.04 Å². The fourth-order valence-corrected chi connectivity index (χ4v) is 1.99. The van der Waals surface area contributed by atoms with Crippen LogP contribution in [0.25, 0.3) is 0 Å². The summed E-state index contributed by atoms with van der Waals surface area (Å²) >= 11 is 0. The fourth-order valence-electron chi connectivity index (χ4n) is 1.99. The van der Waals surface area contributed by atoms with Gasteiger partial charge in [-0.1, -0.05) is 18.6 Å². The minimum Gasteiger partial charge on any atom is -0.497 e. The lowest BCUT2D eigenvalue weighted by Gasteiger charge is -2.21. The molecule has 1 rings (SSSR count). The number of hydrogen-bond acceptors (Lipinski definition) is 3. The van der Waals surface area contributed by atoms with Crippen molar-refractivity contribution in [1.82, 2.24) is 5.32 Å². The third kappa shape index (κ3) is 3.77. The molecule has 18 heavy (non-hydrogen) atoms. The molecule has 0 saturated heterocycles. The van der Waals surface area contributed by atoms with Crippen LogP contribution in [0.15, 0.2) is 30.4 Å². The fraction of sp³-hybridized carbons (Fsp3) is 0.467. The molecule has 0 radical (unpaired) electrons. The first-order valence-electron chi connectivity index (χ1n) is 6.22. The van der Waals surface area contributed by atoms with Gasteiger partial charge in [0.25, 0.3) is 0 Å². The van der Waals surface area contributed by atoms with Gasteiger partial charge in [0.2, 0.25) is 0 Å². The summed E-state index contributed by atoms with van der Waals surface area (Å²) in [5.41, 5.74) is 2.29. The molecule has 0 heterocycles. The van der Waals surface area contributed by atoms with Crippen LogP contribution in [0, 0.1) is 0 Å². The van der Waals surface area contributed by atoms with Crippen LogP contribution in [0.1, 0.15) is 31.9 Å². The lowest BCUT2D eigenvalue weighted by atomic mass is 9.99. The Kier molecular flexibility index (Phi) is 5.72. The molecular formula is C15H23NO2. The van der Waals surface area contributed by atoms with Crippen molar-refractivity contribution in [3.63, 3.8) is 0 Å². The topological polar surface area (TPSA) is 30.5 Å². The molecule has 0 amide bonds. The van der Waals surface area contributed by atoms with Crippen LogP contribution in [-0.2, 0) is 0 Å². The molecule has 0 aliphatic rings. The zero-order valence-corrected chi connectivity index (χ0v) is 11.7. The molecule has 3 heteroatoms. The number of methoxy groups -OCH3 is 2. The molecule has 0 aliphatic heterocycles. The maximum Gasteiger partial charge on any atom is 0.127 e. The first kappa shape index (κ1) is 14.6. The molecule has 100 valence electrons. The monoisotopic (exact) mass is 249 g/mol. The van der Waals surface area contributed by atoms with Crippen LogP contribution in [-0.4, -0.2) is 20.8 Å².